The first-order valence-electron chi connectivity index (χ1n) is 5.07. The van der Waals surface area contributed by atoms with Crippen LogP contribution in [0.25, 0.3) is 0 Å². The summed E-state index contributed by atoms with van der Waals surface area (Å²) >= 11 is 3.31. The van der Waals surface area contributed by atoms with Crippen LogP contribution in [0.3, 0.4) is 0 Å². The average molecular weight is 269 g/mol. The van der Waals surface area contributed by atoms with E-state index >= 15 is 0 Å². The van der Waals surface area contributed by atoms with Crippen LogP contribution in [0, 0.1) is 11.8 Å². The van der Waals surface area contributed by atoms with Crippen molar-refractivity contribution in [2.45, 2.75) is 13.3 Å². The van der Waals surface area contributed by atoms with Gasteiger partial charge in [-0.1, -0.05) is 6.92 Å². The van der Waals surface area contributed by atoms with Crippen LogP contribution in [-0.2, 0) is 0 Å². The van der Waals surface area contributed by atoms with Crippen LogP contribution in [0.1, 0.15) is 23.8 Å². The van der Waals surface area contributed by atoms with Gasteiger partial charge in [0, 0.05) is 17.2 Å². The third-order valence-corrected chi connectivity index (χ3v) is 3.41. The highest BCUT2D eigenvalue weighted by molar-refractivity contribution is 9.10. The molecule has 1 heterocycles. The molecule has 0 aliphatic heterocycles. The molecule has 1 aliphatic carbocycles. The first-order valence-corrected chi connectivity index (χ1v) is 5.86. The molecular formula is C11H13BrN2O. The van der Waals surface area contributed by atoms with Gasteiger partial charge in [-0.3, -0.25) is 4.79 Å². The minimum absolute atomic E-state index is 0.0958. The smallest absolute Gasteiger partial charge is 0.271 e. The highest BCUT2D eigenvalue weighted by Gasteiger charge is 2.32. The topological polar surface area (TPSA) is 42.0 Å². The van der Waals surface area contributed by atoms with Crippen molar-refractivity contribution < 1.29 is 4.79 Å². The lowest BCUT2D eigenvalue weighted by Gasteiger charge is -2.04. The number of nitrogens with zero attached hydrogens (tertiary/aromatic N) is 1. The zero-order chi connectivity index (χ0) is 10.8. The fourth-order valence-electron chi connectivity index (χ4n) is 1.54. The second-order valence-corrected chi connectivity index (χ2v) is 4.87. The number of hydrogen-bond acceptors (Lipinski definition) is 2. The van der Waals surface area contributed by atoms with E-state index in [9.17, 15) is 4.79 Å². The largest absolute Gasteiger partial charge is 0.350 e. The number of aromatic nitrogens is 1. The van der Waals surface area contributed by atoms with Gasteiger partial charge in [0.25, 0.3) is 5.91 Å². The van der Waals surface area contributed by atoms with Crippen molar-refractivity contribution in [1.82, 2.24) is 10.3 Å². The molecule has 15 heavy (non-hydrogen) atoms. The average Bonchev–Trinajstić information content (AvgIpc) is 2.92. The highest BCUT2D eigenvalue weighted by Crippen LogP contribution is 2.36. The second kappa shape index (κ2) is 4.31. The molecule has 0 aromatic carbocycles. The standard InChI is InChI=1S/C11H13BrN2O/c1-7-5-8(7)6-14-11(15)10-9(12)3-2-4-13-10/h2-4,7-8H,5-6H2,1H3,(H,14,15). The molecule has 1 fully saturated rings. The molecule has 1 aliphatic rings. The number of amides is 1. The van der Waals surface area contributed by atoms with Gasteiger partial charge in [0.15, 0.2) is 0 Å². The maximum absolute atomic E-state index is 11.7. The van der Waals surface area contributed by atoms with Gasteiger partial charge in [-0.2, -0.15) is 0 Å². The highest BCUT2D eigenvalue weighted by atomic mass is 79.9. The molecule has 2 rings (SSSR count). The third kappa shape index (κ3) is 2.56. The fourth-order valence-corrected chi connectivity index (χ4v) is 1.98. The molecule has 80 valence electrons. The Morgan fingerprint density at radius 3 is 3.07 bits per heavy atom. The summed E-state index contributed by atoms with van der Waals surface area (Å²) in [5.41, 5.74) is 0.464. The molecule has 1 N–H and O–H groups in total. The predicted octanol–water partition coefficient (Wildman–Crippen LogP) is 2.23. The van der Waals surface area contributed by atoms with Gasteiger partial charge in [0.05, 0.1) is 0 Å². The van der Waals surface area contributed by atoms with Crippen LogP contribution in [0.4, 0.5) is 0 Å². The SMILES string of the molecule is CC1CC1CNC(=O)c1ncccc1Br. The lowest BCUT2D eigenvalue weighted by Crippen LogP contribution is -2.27. The zero-order valence-electron chi connectivity index (χ0n) is 8.53. The van der Waals surface area contributed by atoms with Crippen molar-refractivity contribution in [1.29, 1.82) is 0 Å². The van der Waals surface area contributed by atoms with E-state index in [1.807, 2.05) is 6.07 Å². The molecule has 1 aromatic heterocycles. The quantitative estimate of drug-likeness (QED) is 0.914. The summed E-state index contributed by atoms with van der Waals surface area (Å²) in [5.74, 6) is 1.33. The van der Waals surface area contributed by atoms with Gasteiger partial charge in [0.2, 0.25) is 0 Å². The molecule has 3 nitrogen and oxygen atoms in total. The summed E-state index contributed by atoms with van der Waals surface area (Å²) in [6.45, 7) is 2.97. The maximum atomic E-state index is 11.7. The second-order valence-electron chi connectivity index (χ2n) is 4.02. The van der Waals surface area contributed by atoms with E-state index in [0.717, 1.165) is 16.9 Å². The van der Waals surface area contributed by atoms with Gasteiger partial charge in [0.1, 0.15) is 5.69 Å². The Hall–Kier alpha value is -0.900. The number of nitrogens with one attached hydrogen (secondary N) is 1. The van der Waals surface area contributed by atoms with Gasteiger partial charge in [-0.25, -0.2) is 4.98 Å². The number of rotatable bonds is 3. The van der Waals surface area contributed by atoms with Crippen molar-refractivity contribution >= 4 is 21.8 Å². The number of hydrogen-bond donors (Lipinski definition) is 1. The zero-order valence-corrected chi connectivity index (χ0v) is 10.1. The first-order chi connectivity index (χ1) is 7.18. The van der Waals surface area contributed by atoms with Crippen LogP contribution in [-0.4, -0.2) is 17.4 Å². The van der Waals surface area contributed by atoms with Gasteiger partial charge < -0.3 is 5.32 Å². The van der Waals surface area contributed by atoms with E-state index in [0.29, 0.717) is 11.6 Å². The molecular weight excluding hydrogens is 256 g/mol. The van der Waals surface area contributed by atoms with E-state index < -0.39 is 0 Å². The molecule has 2 unspecified atom stereocenters. The maximum Gasteiger partial charge on any atom is 0.271 e. The van der Waals surface area contributed by atoms with Gasteiger partial charge in [-0.05, 0) is 46.3 Å². The summed E-state index contributed by atoms with van der Waals surface area (Å²) in [5, 5.41) is 2.90. The van der Waals surface area contributed by atoms with Crippen molar-refractivity contribution in [2.24, 2.45) is 11.8 Å². The Balaban J connectivity index is 1.93. The number of carbonyl (C=O) groups is 1. The lowest BCUT2D eigenvalue weighted by molar-refractivity contribution is 0.0945. The van der Waals surface area contributed by atoms with Crippen LogP contribution < -0.4 is 5.32 Å². The van der Waals surface area contributed by atoms with Crippen molar-refractivity contribution in [3.05, 3.63) is 28.5 Å². The van der Waals surface area contributed by atoms with Crippen LogP contribution in [0.2, 0.25) is 0 Å². The molecule has 1 amide bonds. The molecule has 1 saturated carbocycles. The predicted molar refractivity (Wildman–Crippen MR) is 61.5 cm³/mol. The monoisotopic (exact) mass is 268 g/mol. The van der Waals surface area contributed by atoms with Crippen LogP contribution in [0.15, 0.2) is 22.8 Å². The van der Waals surface area contributed by atoms with Gasteiger partial charge in [-0.15, -0.1) is 0 Å². The van der Waals surface area contributed by atoms with Crippen molar-refractivity contribution in [3.8, 4) is 0 Å². The van der Waals surface area contributed by atoms with Crippen molar-refractivity contribution in [3.63, 3.8) is 0 Å². The molecule has 0 saturated heterocycles. The number of pyridine rings is 1. The Labute approximate surface area is 97.4 Å². The molecule has 0 radical (unpaired) electrons. The Morgan fingerprint density at radius 1 is 1.73 bits per heavy atom. The molecule has 2 atom stereocenters. The minimum atomic E-state index is -0.0958. The van der Waals surface area contributed by atoms with E-state index in [4.69, 9.17) is 0 Å². The Kier molecular flexibility index (Phi) is 3.05. The molecule has 0 bridgehead atoms. The molecule has 0 spiro atoms. The van der Waals surface area contributed by atoms with E-state index in [1.54, 1.807) is 12.3 Å². The summed E-state index contributed by atoms with van der Waals surface area (Å²) in [6, 6.07) is 3.62. The summed E-state index contributed by atoms with van der Waals surface area (Å²) in [4.78, 5) is 15.7. The third-order valence-electron chi connectivity index (χ3n) is 2.77. The molecule has 4 heteroatoms. The first kappa shape index (κ1) is 10.6. The fraction of sp³-hybridized carbons (Fsp3) is 0.455. The normalized spacial score (nSPS) is 23.6. The summed E-state index contributed by atoms with van der Waals surface area (Å²) in [7, 11) is 0. The van der Waals surface area contributed by atoms with Crippen LogP contribution >= 0.6 is 15.9 Å². The van der Waals surface area contributed by atoms with Crippen LogP contribution in [0.5, 0.6) is 0 Å². The number of halogens is 1. The number of carbonyl (C=O) groups excluding carboxylic acids is 1. The van der Waals surface area contributed by atoms with E-state index in [-0.39, 0.29) is 5.91 Å². The van der Waals surface area contributed by atoms with Crippen molar-refractivity contribution in [2.75, 3.05) is 6.54 Å². The molecule has 1 aromatic rings. The Bertz CT molecular complexity index is 381. The summed E-state index contributed by atoms with van der Waals surface area (Å²) in [6.07, 6.45) is 2.85. The van der Waals surface area contributed by atoms with Gasteiger partial charge >= 0.3 is 0 Å². The minimum Gasteiger partial charge on any atom is -0.350 e. The lowest BCUT2D eigenvalue weighted by atomic mass is 10.3. The van der Waals surface area contributed by atoms with E-state index in [2.05, 4.69) is 33.2 Å². The van der Waals surface area contributed by atoms with E-state index in [1.165, 1.54) is 6.42 Å². The summed E-state index contributed by atoms with van der Waals surface area (Å²) < 4.78 is 0.742. The Morgan fingerprint density at radius 2 is 2.47 bits per heavy atom.